The Labute approximate surface area is 93.1 Å². The molecule has 0 saturated heterocycles. The first-order valence-electron chi connectivity index (χ1n) is 5.15. The van der Waals surface area contributed by atoms with Crippen LogP contribution in [-0.2, 0) is 13.1 Å². The van der Waals surface area contributed by atoms with Crippen LogP contribution in [0.4, 0.5) is 10.2 Å². The van der Waals surface area contributed by atoms with E-state index in [9.17, 15) is 4.39 Å². The Kier molecular flexibility index (Phi) is 3.14. The molecule has 0 unspecified atom stereocenters. The minimum atomic E-state index is -0.329. The van der Waals surface area contributed by atoms with Gasteiger partial charge in [0.2, 0.25) is 0 Å². The molecule has 0 aliphatic rings. The first-order valence-corrected chi connectivity index (χ1v) is 5.15. The molecular weight excluding hydrogens is 207 g/mol. The van der Waals surface area contributed by atoms with Crippen molar-refractivity contribution in [2.75, 3.05) is 5.32 Å². The third-order valence-corrected chi connectivity index (χ3v) is 2.28. The van der Waals surface area contributed by atoms with Crippen molar-refractivity contribution in [3.05, 3.63) is 42.1 Å². The van der Waals surface area contributed by atoms with Crippen molar-refractivity contribution >= 4 is 5.82 Å². The van der Waals surface area contributed by atoms with Gasteiger partial charge in [0.1, 0.15) is 11.6 Å². The zero-order chi connectivity index (χ0) is 11.4. The maximum absolute atomic E-state index is 12.6. The zero-order valence-corrected chi connectivity index (χ0v) is 9.02. The number of hydrogen-bond donors (Lipinski definition) is 1. The summed E-state index contributed by atoms with van der Waals surface area (Å²) >= 11 is 0. The third-order valence-electron chi connectivity index (χ3n) is 2.28. The van der Waals surface area contributed by atoms with E-state index < -0.39 is 0 Å². The van der Waals surface area contributed by atoms with Gasteiger partial charge in [-0.05, 0) is 25.1 Å². The van der Waals surface area contributed by atoms with E-state index in [0.717, 1.165) is 12.2 Å². The van der Waals surface area contributed by atoms with E-state index >= 15 is 0 Å². The highest BCUT2D eigenvalue weighted by atomic mass is 19.1. The standard InChI is InChI=1S/C11H13FN4/c1-2-16-10(5-6-15-16)8-14-11-4-3-9(12)7-13-11/h3-7H,2,8H2,1H3,(H,13,14). The fraction of sp³-hybridized carbons (Fsp3) is 0.273. The summed E-state index contributed by atoms with van der Waals surface area (Å²) in [5.41, 5.74) is 1.08. The normalized spacial score (nSPS) is 10.4. The molecule has 0 fully saturated rings. The Balaban J connectivity index is 1.99. The highest BCUT2D eigenvalue weighted by Crippen LogP contribution is 2.06. The maximum atomic E-state index is 12.6. The molecule has 0 radical (unpaired) electrons. The van der Waals surface area contributed by atoms with Gasteiger partial charge in [0.05, 0.1) is 18.4 Å². The largest absolute Gasteiger partial charge is 0.364 e. The Morgan fingerprint density at radius 1 is 1.38 bits per heavy atom. The molecule has 0 amide bonds. The lowest BCUT2D eigenvalue weighted by Gasteiger charge is -2.06. The molecule has 2 aromatic rings. The van der Waals surface area contributed by atoms with Gasteiger partial charge in [-0.25, -0.2) is 9.37 Å². The van der Waals surface area contributed by atoms with Crippen molar-refractivity contribution in [2.24, 2.45) is 0 Å². The summed E-state index contributed by atoms with van der Waals surface area (Å²) in [7, 11) is 0. The maximum Gasteiger partial charge on any atom is 0.141 e. The molecule has 16 heavy (non-hydrogen) atoms. The van der Waals surface area contributed by atoms with Crippen molar-refractivity contribution in [1.82, 2.24) is 14.8 Å². The molecule has 0 spiro atoms. The number of aromatic nitrogens is 3. The average molecular weight is 220 g/mol. The van der Waals surface area contributed by atoms with Crippen LogP contribution in [-0.4, -0.2) is 14.8 Å². The monoisotopic (exact) mass is 220 g/mol. The summed E-state index contributed by atoms with van der Waals surface area (Å²) in [5.74, 6) is 0.328. The number of pyridine rings is 1. The predicted molar refractivity (Wildman–Crippen MR) is 59.4 cm³/mol. The topological polar surface area (TPSA) is 42.7 Å². The third kappa shape index (κ3) is 2.36. The SMILES string of the molecule is CCn1nccc1CNc1ccc(F)cn1. The molecule has 2 heterocycles. The number of halogens is 1. The van der Waals surface area contributed by atoms with Gasteiger partial charge in [-0.15, -0.1) is 0 Å². The molecular formula is C11H13FN4. The second kappa shape index (κ2) is 4.74. The van der Waals surface area contributed by atoms with E-state index in [-0.39, 0.29) is 5.82 Å². The van der Waals surface area contributed by atoms with Gasteiger partial charge in [0, 0.05) is 12.7 Å². The molecule has 2 rings (SSSR count). The van der Waals surface area contributed by atoms with Gasteiger partial charge < -0.3 is 5.32 Å². The summed E-state index contributed by atoms with van der Waals surface area (Å²) in [4.78, 5) is 3.92. The van der Waals surface area contributed by atoms with Crippen LogP contribution in [0.25, 0.3) is 0 Å². The van der Waals surface area contributed by atoms with Gasteiger partial charge in [0.25, 0.3) is 0 Å². The molecule has 0 bridgehead atoms. The zero-order valence-electron chi connectivity index (χ0n) is 9.02. The van der Waals surface area contributed by atoms with E-state index in [0.29, 0.717) is 12.4 Å². The number of nitrogens with one attached hydrogen (secondary N) is 1. The summed E-state index contributed by atoms with van der Waals surface area (Å²) in [6, 6.07) is 4.94. The second-order valence-electron chi connectivity index (χ2n) is 3.35. The Morgan fingerprint density at radius 2 is 2.25 bits per heavy atom. The summed E-state index contributed by atoms with van der Waals surface area (Å²) in [5, 5.41) is 7.27. The molecule has 0 saturated carbocycles. The average Bonchev–Trinajstić information content (AvgIpc) is 2.76. The quantitative estimate of drug-likeness (QED) is 0.857. The first-order chi connectivity index (χ1) is 7.79. The molecule has 0 atom stereocenters. The fourth-order valence-corrected chi connectivity index (χ4v) is 1.46. The number of hydrogen-bond acceptors (Lipinski definition) is 3. The predicted octanol–water partition coefficient (Wildman–Crippen LogP) is 2.05. The molecule has 4 nitrogen and oxygen atoms in total. The van der Waals surface area contributed by atoms with E-state index in [1.807, 2.05) is 17.7 Å². The Morgan fingerprint density at radius 3 is 2.94 bits per heavy atom. The lowest BCUT2D eigenvalue weighted by Crippen LogP contribution is -2.08. The van der Waals surface area contributed by atoms with Crippen molar-refractivity contribution in [3.63, 3.8) is 0 Å². The van der Waals surface area contributed by atoms with Crippen LogP contribution in [0.2, 0.25) is 0 Å². The lowest BCUT2D eigenvalue weighted by atomic mass is 10.4. The van der Waals surface area contributed by atoms with Crippen LogP contribution in [0, 0.1) is 5.82 Å². The van der Waals surface area contributed by atoms with Crippen LogP contribution in [0.5, 0.6) is 0 Å². The van der Waals surface area contributed by atoms with Crippen LogP contribution < -0.4 is 5.32 Å². The highest BCUT2D eigenvalue weighted by Gasteiger charge is 2.00. The highest BCUT2D eigenvalue weighted by molar-refractivity contribution is 5.34. The van der Waals surface area contributed by atoms with Gasteiger partial charge >= 0.3 is 0 Å². The smallest absolute Gasteiger partial charge is 0.141 e. The number of nitrogens with zero attached hydrogens (tertiary/aromatic N) is 3. The van der Waals surface area contributed by atoms with Crippen molar-refractivity contribution in [1.29, 1.82) is 0 Å². The van der Waals surface area contributed by atoms with Crippen molar-refractivity contribution in [3.8, 4) is 0 Å². The lowest BCUT2D eigenvalue weighted by molar-refractivity contribution is 0.620. The first kappa shape index (κ1) is 10.6. The molecule has 0 aliphatic heterocycles. The molecule has 0 aliphatic carbocycles. The Hall–Kier alpha value is -1.91. The van der Waals surface area contributed by atoms with Gasteiger partial charge in [0.15, 0.2) is 0 Å². The minimum absolute atomic E-state index is 0.329. The van der Waals surface area contributed by atoms with E-state index in [1.165, 1.54) is 12.3 Å². The fourth-order valence-electron chi connectivity index (χ4n) is 1.46. The molecule has 2 aromatic heterocycles. The van der Waals surface area contributed by atoms with E-state index in [2.05, 4.69) is 15.4 Å². The Bertz CT molecular complexity index is 449. The molecule has 84 valence electrons. The summed E-state index contributed by atoms with van der Waals surface area (Å²) in [6.45, 7) is 3.50. The van der Waals surface area contributed by atoms with Crippen molar-refractivity contribution in [2.45, 2.75) is 20.0 Å². The van der Waals surface area contributed by atoms with Gasteiger partial charge in [-0.2, -0.15) is 5.10 Å². The minimum Gasteiger partial charge on any atom is -0.364 e. The van der Waals surface area contributed by atoms with Crippen LogP contribution in [0.3, 0.4) is 0 Å². The van der Waals surface area contributed by atoms with Gasteiger partial charge in [-0.1, -0.05) is 0 Å². The second-order valence-corrected chi connectivity index (χ2v) is 3.35. The number of aryl methyl sites for hydroxylation is 1. The summed E-state index contributed by atoms with van der Waals surface area (Å²) < 4.78 is 14.5. The number of rotatable bonds is 4. The summed E-state index contributed by atoms with van der Waals surface area (Å²) in [6.07, 6.45) is 2.96. The number of anilines is 1. The van der Waals surface area contributed by atoms with E-state index in [4.69, 9.17) is 0 Å². The van der Waals surface area contributed by atoms with Crippen LogP contribution in [0.1, 0.15) is 12.6 Å². The van der Waals surface area contributed by atoms with Crippen LogP contribution in [0.15, 0.2) is 30.6 Å². The van der Waals surface area contributed by atoms with Crippen LogP contribution >= 0.6 is 0 Å². The van der Waals surface area contributed by atoms with E-state index in [1.54, 1.807) is 12.3 Å². The molecule has 1 N–H and O–H groups in total. The van der Waals surface area contributed by atoms with Gasteiger partial charge in [-0.3, -0.25) is 4.68 Å². The molecule has 0 aromatic carbocycles. The molecule has 5 heteroatoms. The van der Waals surface area contributed by atoms with Crippen molar-refractivity contribution < 1.29 is 4.39 Å².